The van der Waals surface area contributed by atoms with E-state index in [-0.39, 0.29) is 17.7 Å². The number of hydrogen-bond acceptors (Lipinski definition) is 4. The average Bonchev–Trinajstić information content (AvgIpc) is 2.88. The van der Waals surface area contributed by atoms with Crippen LogP contribution in [0.1, 0.15) is 34.3 Å². The molecule has 1 heterocycles. The topological polar surface area (TPSA) is 71.0 Å². The van der Waals surface area contributed by atoms with Crippen molar-refractivity contribution in [1.29, 1.82) is 0 Å². The number of carbonyl (C=O) groups excluding carboxylic acids is 2. The standard InChI is InChI=1S/C27H27N3O3/c31-26(23-14-16-30(17-15-23)27(32)24-11-5-2-6-12-24)29-28-19-22-10-7-13-25(18-22)33-20-21-8-3-1-4-9-21/h1-13,18-19,23H,14-17,20H2,(H,29,31)/b28-19-. The molecule has 33 heavy (non-hydrogen) atoms. The third-order valence-electron chi connectivity index (χ3n) is 5.67. The van der Waals surface area contributed by atoms with E-state index < -0.39 is 0 Å². The van der Waals surface area contributed by atoms with Gasteiger partial charge in [-0.1, -0.05) is 60.7 Å². The summed E-state index contributed by atoms with van der Waals surface area (Å²) in [6, 6.07) is 26.8. The third kappa shape index (κ3) is 6.29. The lowest BCUT2D eigenvalue weighted by atomic mass is 9.95. The van der Waals surface area contributed by atoms with E-state index in [4.69, 9.17) is 4.74 Å². The van der Waals surface area contributed by atoms with Gasteiger partial charge >= 0.3 is 0 Å². The molecule has 0 radical (unpaired) electrons. The Bertz CT molecular complexity index is 1090. The van der Waals surface area contributed by atoms with Crippen molar-refractivity contribution < 1.29 is 14.3 Å². The van der Waals surface area contributed by atoms with Gasteiger partial charge in [-0.3, -0.25) is 9.59 Å². The number of hydrazone groups is 1. The Kier molecular flexibility index (Phi) is 7.48. The van der Waals surface area contributed by atoms with Crippen LogP contribution in [0.2, 0.25) is 0 Å². The second-order valence-electron chi connectivity index (χ2n) is 8.01. The Labute approximate surface area is 193 Å². The summed E-state index contributed by atoms with van der Waals surface area (Å²) in [5.74, 6) is 0.489. The van der Waals surface area contributed by atoms with E-state index in [1.807, 2.05) is 89.8 Å². The van der Waals surface area contributed by atoms with Crippen LogP contribution in [0.5, 0.6) is 5.75 Å². The molecule has 2 amide bonds. The molecule has 0 aliphatic carbocycles. The van der Waals surface area contributed by atoms with Crippen molar-refractivity contribution in [3.63, 3.8) is 0 Å². The van der Waals surface area contributed by atoms with Crippen LogP contribution in [0.4, 0.5) is 0 Å². The van der Waals surface area contributed by atoms with Gasteiger partial charge in [0, 0.05) is 24.6 Å². The van der Waals surface area contributed by atoms with Crippen molar-refractivity contribution in [2.24, 2.45) is 11.0 Å². The normalized spacial score (nSPS) is 14.2. The van der Waals surface area contributed by atoms with Gasteiger partial charge < -0.3 is 9.64 Å². The van der Waals surface area contributed by atoms with Crippen LogP contribution in [-0.2, 0) is 11.4 Å². The molecule has 0 saturated carbocycles. The number of nitrogens with zero attached hydrogens (tertiary/aromatic N) is 2. The summed E-state index contributed by atoms with van der Waals surface area (Å²) in [7, 11) is 0. The predicted octanol–water partition coefficient (Wildman–Crippen LogP) is 4.27. The number of hydrogen-bond donors (Lipinski definition) is 1. The smallest absolute Gasteiger partial charge is 0.253 e. The maximum absolute atomic E-state index is 12.6. The van der Waals surface area contributed by atoms with Gasteiger partial charge in [0.05, 0.1) is 6.21 Å². The molecule has 1 aliphatic rings. The minimum absolute atomic E-state index is 0.0156. The zero-order valence-corrected chi connectivity index (χ0v) is 18.4. The molecule has 1 aliphatic heterocycles. The zero-order chi connectivity index (χ0) is 22.9. The van der Waals surface area contributed by atoms with Crippen molar-refractivity contribution >= 4 is 18.0 Å². The number of piperidine rings is 1. The largest absolute Gasteiger partial charge is 0.489 e. The third-order valence-corrected chi connectivity index (χ3v) is 5.67. The van der Waals surface area contributed by atoms with E-state index in [0.29, 0.717) is 38.1 Å². The fourth-order valence-corrected chi connectivity index (χ4v) is 3.80. The first-order valence-electron chi connectivity index (χ1n) is 11.1. The number of nitrogens with one attached hydrogen (secondary N) is 1. The predicted molar refractivity (Wildman–Crippen MR) is 128 cm³/mol. The lowest BCUT2D eigenvalue weighted by Gasteiger charge is -2.31. The summed E-state index contributed by atoms with van der Waals surface area (Å²) in [4.78, 5) is 26.9. The molecule has 4 rings (SSSR count). The summed E-state index contributed by atoms with van der Waals surface area (Å²) in [5, 5.41) is 4.12. The van der Waals surface area contributed by atoms with Gasteiger partial charge in [-0.15, -0.1) is 0 Å². The Morgan fingerprint density at radius 1 is 0.939 bits per heavy atom. The van der Waals surface area contributed by atoms with Gasteiger partial charge in [0.1, 0.15) is 12.4 Å². The van der Waals surface area contributed by atoms with E-state index in [0.717, 1.165) is 16.9 Å². The fraction of sp³-hybridized carbons (Fsp3) is 0.222. The Morgan fingerprint density at radius 2 is 1.64 bits per heavy atom. The highest BCUT2D eigenvalue weighted by Gasteiger charge is 2.27. The van der Waals surface area contributed by atoms with Crippen LogP contribution in [-0.4, -0.2) is 36.0 Å². The maximum atomic E-state index is 12.6. The number of rotatable bonds is 7. The first kappa shape index (κ1) is 22.3. The first-order valence-corrected chi connectivity index (χ1v) is 11.1. The molecule has 0 bridgehead atoms. The van der Waals surface area contributed by atoms with Gasteiger partial charge in [-0.2, -0.15) is 5.10 Å². The van der Waals surface area contributed by atoms with Gasteiger partial charge in [0.2, 0.25) is 5.91 Å². The van der Waals surface area contributed by atoms with E-state index in [1.165, 1.54) is 0 Å². The highest BCUT2D eigenvalue weighted by Crippen LogP contribution is 2.19. The number of carbonyl (C=O) groups is 2. The molecule has 1 saturated heterocycles. The monoisotopic (exact) mass is 441 g/mol. The molecule has 0 atom stereocenters. The average molecular weight is 442 g/mol. The summed E-state index contributed by atoms with van der Waals surface area (Å²) < 4.78 is 5.84. The van der Waals surface area contributed by atoms with Gasteiger partial charge in [0.25, 0.3) is 5.91 Å². The molecule has 1 fully saturated rings. The summed E-state index contributed by atoms with van der Waals surface area (Å²) in [5.41, 5.74) is 5.26. The number of likely N-dealkylation sites (tertiary alicyclic amines) is 1. The first-order chi connectivity index (χ1) is 16.2. The van der Waals surface area contributed by atoms with Crippen molar-refractivity contribution in [2.45, 2.75) is 19.4 Å². The lowest BCUT2D eigenvalue weighted by molar-refractivity contribution is -0.126. The van der Waals surface area contributed by atoms with E-state index >= 15 is 0 Å². The van der Waals surface area contributed by atoms with Crippen molar-refractivity contribution in [3.8, 4) is 5.75 Å². The Morgan fingerprint density at radius 3 is 2.36 bits per heavy atom. The van der Waals surface area contributed by atoms with E-state index in [9.17, 15) is 9.59 Å². The van der Waals surface area contributed by atoms with Gasteiger partial charge in [-0.05, 0) is 48.2 Å². The molecule has 1 N–H and O–H groups in total. The molecule has 6 nitrogen and oxygen atoms in total. The highest BCUT2D eigenvalue weighted by atomic mass is 16.5. The molecular weight excluding hydrogens is 414 g/mol. The van der Waals surface area contributed by atoms with Gasteiger partial charge in [0.15, 0.2) is 0 Å². The summed E-state index contributed by atoms with van der Waals surface area (Å²) in [6.07, 6.45) is 2.87. The second kappa shape index (κ2) is 11.1. The molecule has 0 aromatic heterocycles. The fourth-order valence-electron chi connectivity index (χ4n) is 3.80. The summed E-state index contributed by atoms with van der Waals surface area (Å²) >= 11 is 0. The zero-order valence-electron chi connectivity index (χ0n) is 18.4. The van der Waals surface area contributed by atoms with Crippen molar-refractivity contribution in [3.05, 3.63) is 102 Å². The van der Waals surface area contributed by atoms with Crippen molar-refractivity contribution in [2.75, 3.05) is 13.1 Å². The van der Waals surface area contributed by atoms with E-state index in [1.54, 1.807) is 6.21 Å². The molecule has 168 valence electrons. The van der Waals surface area contributed by atoms with E-state index in [2.05, 4.69) is 10.5 Å². The van der Waals surface area contributed by atoms with Crippen LogP contribution >= 0.6 is 0 Å². The summed E-state index contributed by atoms with van der Waals surface area (Å²) in [6.45, 7) is 1.62. The maximum Gasteiger partial charge on any atom is 0.253 e. The minimum Gasteiger partial charge on any atom is -0.489 e. The minimum atomic E-state index is -0.150. The molecule has 3 aromatic rings. The quantitative estimate of drug-likeness (QED) is 0.440. The number of benzene rings is 3. The lowest BCUT2D eigenvalue weighted by Crippen LogP contribution is -2.42. The van der Waals surface area contributed by atoms with Crippen LogP contribution in [0.3, 0.4) is 0 Å². The Hall–Kier alpha value is -3.93. The van der Waals surface area contributed by atoms with Crippen molar-refractivity contribution in [1.82, 2.24) is 10.3 Å². The van der Waals surface area contributed by atoms with Crippen LogP contribution < -0.4 is 10.2 Å². The number of amides is 2. The van der Waals surface area contributed by atoms with Gasteiger partial charge in [-0.25, -0.2) is 5.43 Å². The molecule has 3 aromatic carbocycles. The molecule has 6 heteroatoms. The Balaban J connectivity index is 1.24. The molecule has 0 unspecified atom stereocenters. The SMILES string of the molecule is O=C(N/N=C\c1cccc(OCc2ccccc2)c1)C1CCN(C(=O)c2ccccc2)CC1. The highest BCUT2D eigenvalue weighted by molar-refractivity contribution is 5.94. The van der Waals surface area contributed by atoms with Crippen LogP contribution in [0.15, 0.2) is 90.0 Å². The molecule has 0 spiro atoms. The van der Waals surface area contributed by atoms with Crippen LogP contribution in [0, 0.1) is 5.92 Å². The molecular formula is C27H27N3O3. The number of ether oxygens (including phenoxy) is 1. The van der Waals surface area contributed by atoms with Crippen LogP contribution in [0.25, 0.3) is 0 Å². The second-order valence-corrected chi connectivity index (χ2v) is 8.01.